The molecule has 0 radical (unpaired) electrons. The number of hydrogen-bond acceptors (Lipinski definition) is 5. The topological polar surface area (TPSA) is 69.5 Å². The molecule has 134 valence electrons. The van der Waals surface area contributed by atoms with Gasteiger partial charge in [-0.3, -0.25) is 4.79 Å². The van der Waals surface area contributed by atoms with Gasteiger partial charge in [-0.05, 0) is 32.9 Å². The molecular formula is C18H24N4O3. The van der Waals surface area contributed by atoms with Crippen molar-refractivity contribution in [1.29, 1.82) is 0 Å². The van der Waals surface area contributed by atoms with Gasteiger partial charge in [-0.25, -0.2) is 0 Å². The number of amides is 1. The Kier molecular flexibility index (Phi) is 5.33. The van der Waals surface area contributed by atoms with Crippen LogP contribution in [0.2, 0.25) is 0 Å². The molecule has 2 aromatic rings. The number of carbonyl (C=O) groups excluding carboxylic acids is 1. The van der Waals surface area contributed by atoms with Crippen LogP contribution in [-0.2, 0) is 22.7 Å². The molecule has 1 aliphatic rings. The first-order chi connectivity index (χ1) is 12.1. The molecule has 1 aromatic heterocycles. The van der Waals surface area contributed by atoms with Gasteiger partial charge in [-0.1, -0.05) is 17.7 Å². The lowest BCUT2D eigenvalue weighted by Crippen LogP contribution is -2.43. The van der Waals surface area contributed by atoms with E-state index < -0.39 is 0 Å². The van der Waals surface area contributed by atoms with Crippen LogP contribution in [0.4, 0.5) is 0 Å². The van der Waals surface area contributed by atoms with E-state index in [2.05, 4.69) is 10.2 Å². The Balaban J connectivity index is 1.62. The predicted molar refractivity (Wildman–Crippen MR) is 92.2 cm³/mol. The number of aromatic nitrogens is 3. The summed E-state index contributed by atoms with van der Waals surface area (Å²) in [4.78, 5) is 14.4. The minimum atomic E-state index is -0.134. The highest BCUT2D eigenvalue weighted by Crippen LogP contribution is 2.24. The first-order valence-electron chi connectivity index (χ1n) is 8.58. The van der Waals surface area contributed by atoms with E-state index in [4.69, 9.17) is 9.47 Å². The molecule has 25 heavy (non-hydrogen) atoms. The molecule has 0 aliphatic carbocycles. The van der Waals surface area contributed by atoms with Crippen LogP contribution < -0.4 is 4.74 Å². The third-order valence-corrected chi connectivity index (χ3v) is 4.40. The lowest BCUT2D eigenvalue weighted by Gasteiger charge is -2.33. The zero-order valence-corrected chi connectivity index (χ0v) is 14.9. The molecule has 0 spiro atoms. The number of ether oxygens (including phenoxy) is 2. The van der Waals surface area contributed by atoms with Gasteiger partial charge in [-0.2, -0.15) is 0 Å². The van der Waals surface area contributed by atoms with Crippen molar-refractivity contribution < 1.29 is 14.3 Å². The quantitative estimate of drug-likeness (QED) is 0.803. The molecule has 0 fully saturated rings. The maximum Gasteiger partial charge on any atom is 0.261 e. The van der Waals surface area contributed by atoms with Crippen LogP contribution in [0.5, 0.6) is 5.75 Å². The molecule has 0 saturated heterocycles. The second-order valence-corrected chi connectivity index (χ2v) is 6.13. The van der Waals surface area contributed by atoms with Crippen LogP contribution in [0.1, 0.15) is 37.1 Å². The van der Waals surface area contributed by atoms with E-state index in [0.29, 0.717) is 32.1 Å². The smallest absolute Gasteiger partial charge is 0.261 e. The largest absolute Gasteiger partial charge is 0.484 e. The third-order valence-electron chi connectivity index (χ3n) is 4.40. The maximum absolute atomic E-state index is 12.6. The van der Waals surface area contributed by atoms with Crippen molar-refractivity contribution in [3.63, 3.8) is 0 Å². The summed E-state index contributed by atoms with van der Waals surface area (Å²) in [5, 5.41) is 8.45. The van der Waals surface area contributed by atoms with Crippen LogP contribution >= 0.6 is 0 Å². The minimum Gasteiger partial charge on any atom is -0.484 e. The molecule has 0 bridgehead atoms. The van der Waals surface area contributed by atoms with Gasteiger partial charge in [0.25, 0.3) is 5.91 Å². The fourth-order valence-corrected chi connectivity index (χ4v) is 2.95. The molecular weight excluding hydrogens is 320 g/mol. The number of hydrogen-bond donors (Lipinski definition) is 0. The Hall–Kier alpha value is -2.41. The highest BCUT2D eigenvalue weighted by Gasteiger charge is 2.31. The van der Waals surface area contributed by atoms with E-state index in [1.807, 2.05) is 49.6 Å². The van der Waals surface area contributed by atoms with Gasteiger partial charge in [0.05, 0.1) is 6.04 Å². The Morgan fingerprint density at radius 2 is 2.00 bits per heavy atom. The summed E-state index contributed by atoms with van der Waals surface area (Å²) >= 11 is 0. The molecule has 0 saturated carbocycles. The molecule has 7 nitrogen and oxygen atoms in total. The van der Waals surface area contributed by atoms with E-state index in [9.17, 15) is 4.79 Å². The molecule has 2 heterocycles. The number of carbonyl (C=O) groups is 1. The van der Waals surface area contributed by atoms with Crippen LogP contribution in [0, 0.1) is 6.92 Å². The van der Waals surface area contributed by atoms with Gasteiger partial charge >= 0.3 is 0 Å². The maximum atomic E-state index is 12.6. The number of benzene rings is 1. The number of nitrogens with zero attached hydrogens (tertiary/aromatic N) is 4. The second kappa shape index (κ2) is 7.65. The summed E-state index contributed by atoms with van der Waals surface area (Å²) in [5.74, 6) is 2.26. The third kappa shape index (κ3) is 3.82. The van der Waals surface area contributed by atoms with Crippen molar-refractivity contribution in [2.75, 3.05) is 19.8 Å². The van der Waals surface area contributed by atoms with E-state index in [0.717, 1.165) is 17.2 Å². The van der Waals surface area contributed by atoms with Crippen molar-refractivity contribution in [1.82, 2.24) is 19.7 Å². The van der Waals surface area contributed by atoms with E-state index >= 15 is 0 Å². The van der Waals surface area contributed by atoms with Crippen LogP contribution in [0.15, 0.2) is 24.3 Å². The van der Waals surface area contributed by atoms with Crippen molar-refractivity contribution in [3.8, 4) is 5.75 Å². The predicted octanol–water partition coefficient (Wildman–Crippen LogP) is 2.11. The summed E-state index contributed by atoms with van der Waals surface area (Å²) in [6, 6.07) is 7.54. The van der Waals surface area contributed by atoms with Gasteiger partial charge in [-0.15, -0.1) is 10.2 Å². The van der Waals surface area contributed by atoms with Crippen LogP contribution in [0.25, 0.3) is 0 Å². The van der Waals surface area contributed by atoms with E-state index in [1.54, 1.807) is 4.90 Å². The normalized spacial score (nSPS) is 16.6. The monoisotopic (exact) mass is 344 g/mol. The average Bonchev–Trinajstić information content (AvgIpc) is 3.03. The standard InChI is InChI=1S/C18H24N4O3/c1-4-24-11-16-19-20-18-14(3)21(9-10-22(16)18)17(23)12-25-15-7-5-13(2)6-8-15/h5-8,14H,4,9-12H2,1-3H3/t14-/m0/s1. The zero-order chi connectivity index (χ0) is 17.8. The summed E-state index contributed by atoms with van der Waals surface area (Å²) in [6.07, 6.45) is 0. The molecule has 1 aliphatic heterocycles. The molecule has 0 N–H and O–H groups in total. The number of fused-ring (bicyclic) bond motifs is 1. The van der Waals surface area contributed by atoms with Crippen molar-refractivity contribution >= 4 is 5.91 Å². The zero-order valence-electron chi connectivity index (χ0n) is 14.9. The van der Waals surface area contributed by atoms with Crippen molar-refractivity contribution in [3.05, 3.63) is 41.5 Å². The van der Waals surface area contributed by atoms with Crippen LogP contribution in [-0.4, -0.2) is 45.3 Å². The summed E-state index contributed by atoms with van der Waals surface area (Å²) in [6.45, 7) is 8.32. The van der Waals surface area contributed by atoms with Crippen molar-refractivity contribution in [2.24, 2.45) is 0 Å². The Morgan fingerprint density at radius 3 is 2.72 bits per heavy atom. The van der Waals surface area contributed by atoms with Gasteiger partial charge < -0.3 is 18.9 Å². The molecule has 7 heteroatoms. The average molecular weight is 344 g/mol. The van der Waals surface area contributed by atoms with Crippen molar-refractivity contribution in [2.45, 2.75) is 40.0 Å². The molecule has 1 atom stereocenters. The van der Waals surface area contributed by atoms with Gasteiger partial charge in [0.15, 0.2) is 18.3 Å². The molecule has 1 aromatic carbocycles. The molecule has 3 rings (SSSR count). The molecule has 1 amide bonds. The fourth-order valence-electron chi connectivity index (χ4n) is 2.95. The Labute approximate surface area is 147 Å². The minimum absolute atomic E-state index is 0.0212. The Morgan fingerprint density at radius 1 is 1.24 bits per heavy atom. The first kappa shape index (κ1) is 17.4. The first-order valence-corrected chi connectivity index (χ1v) is 8.58. The highest BCUT2D eigenvalue weighted by molar-refractivity contribution is 5.78. The lowest BCUT2D eigenvalue weighted by molar-refractivity contribution is -0.136. The fraction of sp³-hybridized carbons (Fsp3) is 0.500. The summed E-state index contributed by atoms with van der Waals surface area (Å²) in [5.41, 5.74) is 1.16. The van der Waals surface area contributed by atoms with Gasteiger partial charge in [0, 0.05) is 19.7 Å². The molecule has 0 unspecified atom stereocenters. The summed E-state index contributed by atoms with van der Waals surface area (Å²) in [7, 11) is 0. The second-order valence-electron chi connectivity index (χ2n) is 6.13. The van der Waals surface area contributed by atoms with Gasteiger partial charge in [0.2, 0.25) is 0 Å². The van der Waals surface area contributed by atoms with Gasteiger partial charge in [0.1, 0.15) is 12.4 Å². The van der Waals surface area contributed by atoms with E-state index in [-0.39, 0.29) is 18.6 Å². The number of aryl methyl sites for hydroxylation is 1. The summed E-state index contributed by atoms with van der Waals surface area (Å²) < 4.78 is 13.1. The highest BCUT2D eigenvalue weighted by atomic mass is 16.5. The van der Waals surface area contributed by atoms with E-state index in [1.165, 1.54) is 0 Å². The Bertz CT molecular complexity index is 726. The van der Waals surface area contributed by atoms with Crippen LogP contribution in [0.3, 0.4) is 0 Å². The lowest BCUT2D eigenvalue weighted by atomic mass is 10.2. The number of rotatable bonds is 6. The SMILES string of the molecule is CCOCc1nnc2n1CCN(C(=O)COc1ccc(C)cc1)[C@H]2C.